The Kier molecular flexibility index (Phi) is 5.15. The molecule has 3 rings (SSSR count). The van der Waals surface area contributed by atoms with Crippen LogP contribution in [0.4, 0.5) is 0 Å². The Morgan fingerprint density at radius 3 is 2.64 bits per heavy atom. The summed E-state index contributed by atoms with van der Waals surface area (Å²) in [7, 11) is -2.16. The van der Waals surface area contributed by atoms with Crippen molar-refractivity contribution in [3.05, 3.63) is 54.4 Å². The maximum atomic E-state index is 12.4. The molecule has 0 bridgehead atoms. The summed E-state index contributed by atoms with van der Waals surface area (Å²) >= 11 is 0. The minimum absolute atomic E-state index is 0.147. The van der Waals surface area contributed by atoms with E-state index in [0.717, 1.165) is 5.69 Å². The lowest BCUT2D eigenvalue weighted by molar-refractivity contribution is 0.252. The number of guanidine groups is 1. The summed E-state index contributed by atoms with van der Waals surface area (Å²) in [5, 5.41) is 2.97. The van der Waals surface area contributed by atoms with Crippen LogP contribution in [0.25, 0.3) is 0 Å². The van der Waals surface area contributed by atoms with Gasteiger partial charge in [0.1, 0.15) is 5.75 Å². The number of pyridine rings is 1. The summed E-state index contributed by atoms with van der Waals surface area (Å²) in [6, 6.07) is 11.9. The van der Waals surface area contributed by atoms with Gasteiger partial charge in [-0.25, -0.2) is 18.1 Å². The number of sulfonamides is 1. The third kappa shape index (κ3) is 4.46. The van der Waals surface area contributed by atoms with Crippen LogP contribution < -0.4 is 14.8 Å². The van der Waals surface area contributed by atoms with Gasteiger partial charge in [0.15, 0.2) is 0 Å². The van der Waals surface area contributed by atoms with Crippen LogP contribution in [0.2, 0.25) is 0 Å². The SMILES string of the molecule is COc1ccc(S(=O)(=O)NC2=NCN(Cc3ccccn3)CN2)cc1. The van der Waals surface area contributed by atoms with E-state index in [1.807, 2.05) is 23.1 Å². The number of benzene rings is 1. The van der Waals surface area contributed by atoms with Crippen LogP contribution in [-0.4, -0.2) is 44.7 Å². The van der Waals surface area contributed by atoms with Gasteiger partial charge < -0.3 is 10.1 Å². The van der Waals surface area contributed by atoms with Gasteiger partial charge in [-0.05, 0) is 36.4 Å². The fourth-order valence-electron chi connectivity index (χ4n) is 2.30. The Morgan fingerprint density at radius 2 is 2.04 bits per heavy atom. The molecule has 0 unspecified atom stereocenters. The first-order chi connectivity index (χ1) is 12.1. The molecule has 0 fully saturated rings. The van der Waals surface area contributed by atoms with Crippen LogP contribution in [0, 0.1) is 0 Å². The molecule has 0 atom stereocenters. The van der Waals surface area contributed by atoms with E-state index in [4.69, 9.17) is 4.74 Å². The molecule has 1 aliphatic rings. The lowest BCUT2D eigenvalue weighted by atomic mass is 10.3. The Bertz CT molecular complexity index is 838. The number of hydrogen-bond acceptors (Lipinski definition) is 7. The minimum Gasteiger partial charge on any atom is -0.497 e. The first-order valence-electron chi connectivity index (χ1n) is 7.64. The van der Waals surface area contributed by atoms with Crippen LogP contribution in [-0.2, 0) is 16.6 Å². The van der Waals surface area contributed by atoms with E-state index in [9.17, 15) is 8.42 Å². The highest BCUT2D eigenvalue weighted by Gasteiger charge is 2.19. The van der Waals surface area contributed by atoms with Crippen molar-refractivity contribution >= 4 is 16.0 Å². The topological polar surface area (TPSA) is 95.9 Å². The molecule has 2 N–H and O–H groups in total. The zero-order valence-electron chi connectivity index (χ0n) is 13.7. The maximum Gasteiger partial charge on any atom is 0.264 e. The van der Waals surface area contributed by atoms with E-state index in [2.05, 4.69) is 20.0 Å². The van der Waals surface area contributed by atoms with Crippen molar-refractivity contribution < 1.29 is 13.2 Å². The number of methoxy groups -OCH3 is 1. The van der Waals surface area contributed by atoms with Gasteiger partial charge in [0.05, 0.1) is 31.0 Å². The van der Waals surface area contributed by atoms with Gasteiger partial charge >= 0.3 is 0 Å². The average molecular weight is 361 g/mol. The molecule has 0 radical (unpaired) electrons. The summed E-state index contributed by atoms with van der Waals surface area (Å²) in [4.78, 5) is 10.7. The first kappa shape index (κ1) is 17.2. The van der Waals surface area contributed by atoms with Gasteiger partial charge in [-0.1, -0.05) is 6.07 Å². The first-order valence-corrected chi connectivity index (χ1v) is 9.12. The normalized spacial score (nSPS) is 15.2. The van der Waals surface area contributed by atoms with E-state index in [0.29, 0.717) is 25.6 Å². The maximum absolute atomic E-state index is 12.4. The fourth-order valence-corrected chi connectivity index (χ4v) is 3.30. The second-order valence-electron chi connectivity index (χ2n) is 5.41. The summed E-state index contributed by atoms with van der Waals surface area (Å²) in [6.45, 7) is 1.49. The second kappa shape index (κ2) is 7.49. The molecule has 2 aromatic rings. The smallest absolute Gasteiger partial charge is 0.264 e. The Labute approximate surface area is 146 Å². The average Bonchev–Trinajstić information content (AvgIpc) is 2.64. The lowest BCUT2D eigenvalue weighted by Gasteiger charge is -2.26. The molecular weight excluding hydrogens is 342 g/mol. The quantitative estimate of drug-likeness (QED) is 0.816. The van der Waals surface area contributed by atoms with Crippen molar-refractivity contribution in [2.45, 2.75) is 11.4 Å². The highest BCUT2D eigenvalue weighted by atomic mass is 32.2. The number of rotatable bonds is 5. The van der Waals surface area contributed by atoms with Crippen molar-refractivity contribution in [3.63, 3.8) is 0 Å². The van der Waals surface area contributed by atoms with Crippen molar-refractivity contribution in [1.29, 1.82) is 0 Å². The second-order valence-corrected chi connectivity index (χ2v) is 7.10. The fraction of sp³-hybridized carbons (Fsp3) is 0.250. The summed E-state index contributed by atoms with van der Waals surface area (Å²) in [5.74, 6) is 0.824. The van der Waals surface area contributed by atoms with E-state index in [1.54, 1.807) is 18.3 Å². The van der Waals surface area contributed by atoms with Gasteiger partial charge in [-0.15, -0.1) is 0 Å². The van der Waals surface area contributed by atoms with Crippen molar-refractivity contribution in [2.24, 2.45) is 4.99 Å². The summed E-state index contributed by atoms with van der Waals surface area (Å²) in [6.07, 6.45) is 1.74. The van der Waals surface area contributed by atoms with Crippen molar-refractivity contribution in [1.82, 2.24) is 19.9 Å². The Balaban J connectivity index is 1.61. The van der Waals surface area contributed by atoms with Crippen LogP contribution in [0.15, 0.2) is 58.5 Å². The summed E-state index contributed by atoms with van der Waals surface area (Å²) < 4.78 is 32.2. The zero-order chi connectivity index (χ0) is 17.7. The molecule has 0 saturated carbocycles. The molecule has 0 aliphatic carbocycles. The highest BCUT2D eigenvalue weighted by Crippen LogP contribution is 2.15. The molecular formula is C16H19N5O3S. The number of aromatic nitrogens is 1. The molecule has 8 nitrogen and oxygen atoms in total. The largest absolute Gasteiger partial charge is 0.497 e. The highest BCUT2D eigenvalue weighted by molar-refractivity contribution is 7.90. The minimum atomic E-state index is -3.69. The van der Waals surface area contributed by atoms with Crippen LogP contribution >= 0.6 is 0 Å². The number of ether oxygens (including phenoxy) is 1. The molecule has 1 aromatic heterocycles. The molecule has 1 aromatic carbocycles. The third-order valence-corrected chi connectivity index (χ3v) is 4.97. The van der Waals surface area contributed by atoms with E-state index in [1.165, 1.54) is 19.2 Å². The van der Waals surface area contributed by atoms with Gasteiger partial charge in [0, 0.05) is 12.7 Å². The predicted molar refractivity (Wildman–Crippen MR) is 93.4 cm³/mol. The van der Waals surface area contributed by atoms with Gasteiger partial charge in [-0.3, -0.25) is 9.88 Å². The van der Waals surface area contributed by atoms with Crippen LogP contribution in [0.3, 0.4) is 0 Å². The van der Waals surface area contributed by atoms with Crippen molar-refractivity contribution in [2.75, 3.05) is 20.4 Å². The van der Waals surface area contributed by atoms with Crippen LogP contribution in [0.5, 0.6) is 5.75 Å². The number of aliphatic imine (C=N–C) groups is 1. The Morgan fingerprint density at radius 1 is 1.24 bits per heavy atom. The molecule has 0 spiro atoms. The third-order valence-electron chi connectivity index (χ3n) is 3.61. The molecule has 25 heavy (non-hydrogen) atoms. The molecule has 132 valence electrons. The summed E-state index contributed by atoms with van der Waals surface area (Å²) in [5.41, 5.74) is 0.932. The molecule has 9 heteroatoms. The van der Waals surface area contributed by atoms with E-state index < -0.39 is 10.0 Å². The number of nitrogens with zero attached hydrogens (tertiary/aromatic N) is 3. The Hall–Kier alpha value is -2.65. The monoisotopic (exact) mass is 361 g/mol. The van der Waals surface area contributed by atoms with Crippen LogP contribution in [0.1, 0.15) is 5.69 Å². The van der Waals surface area contributed by atoms with E-state index in [-0.39, 0.29) is 10.9 Å². The number of hydrogen-bond donors (Lipinski definition) is 2. The van der Waals surface area contributed by atoms with Crippen molar-refractivity contribution in [3.8, 4) is 5.75 Å². The molecule has 0 saturated heterocycles. The molecule has 1 aliphatic heterocycles. The number of nitrogens with one attached hydrogen (secondary N) is 2. The zero-order valence-corrected chi connectivity index (χ0v) is 14.5. The standard InChI is InChI=1S/C16H19N5O3S/c1-24-14-5-7-15(8-6-14)25(22,23)20-16-18-11-21(12-19-16)10-13-4-2-3-9-17-13/h2-9H,10-12H2,1H3,(H2,18,19,20). The molecule has 2 heterocycles. The van der Waals surface area contributed by atoms with Gasteiger partial charge in [0.25, 0.3) is 10.0 Å². The predicted octanol–water partition coefficient (Wildman–Crippen LogP) is 0.745. The van der Waals surface area contributed by atoms with E-state index >= 15 is 0 Å². The van der Waals surface area contributed by atoms with Gasteiger partial charge in [0.2, 0.25) is 5.96 Å². The van der Waals surface area contributed by atoms with Gasteiger partial charge in [-0.2, -0.15) is 0 Å². The lowest BCUT2D eigenvalue weighted by Crippen LogP contribution is -2.49. The molecule has 0 amide bonds.